The Labute approximate surface area is 282 Å². The molecule has 0 spiro atoms. The summed E-state index contributed by atoms with van der Waals surface area (Å²) in [4.78, 5) is 2.39. The lowest BCUT2D eigenvalue weighted by Gasteiger charge is -2.28. The number of fused-ring (bicyclic) bond motifs is 8. The van der Waals surface area contributed by atoms with E-state index in [-0.39, 0.29) is 0 Å². The number of benzene rings is 8. The Hall–Kier alpha value is -6.58. The van der Waals surface area contributed by atoms with Crippen LogP contribution in [0.2, 0.25) is 0 Å². The van der Waals surface area contributed by atoms with Crippen LogP contribution in [0.3, 0.4) is 0 Å². The number of anilines is 3. The number of rotatable bonds is 5. The van der Waals surface area contributed by atoms with Gasteiger partial charge in [-0.15, -0.1) is 0 Å². The van der Waals surface area contributed by atoms with Crippen LogP contribution in [0, 0.1) is 0 Å². The summed E-state index contributed by atoms with van der Waals surface area (Å²) in [6.45, 7) is 0. The van der Waals surface area contributed by atoms with Crippen LogP contribution in [0.25, 0.3) is 76.9 Å². The molecule has 0 atom stereocenters. The lowest BCUT2D eigenvalue weighted by molar-refractivity contribution is 0.669. The minimum absolute atomic E-state index is 0.849. The molecule has 0 bridgehead atoms. The van der Waals surface area contributed by atoms with Gasteiger partial charge in [0.05, 0.1) is 16.8 Å². The second kappa shape index (κ2) is 11.0. The molecule has 0 aliphatic rings. The third kappa shape index (κ3) is 4.37. The van der Waals surface area contributed by atoms with E-state index in [1.165, 1.54) is 11.1 Å². The van der Waals surface area contributed by atoms with E-state index in [1.807, 2.05) is 24.3 Å². The maximum absolute atomic E-state index is 6.59. The number of hydrogen-bond acceptors (Lipinski definition) is 3. The molecule has 0 fully saturated rings. The first-order valence-corrected chi connectivity index (χ1v) is 16.6. The first kappa shape index (κ1) is 27.5. The fourth-order valence-corrected chi connectivity index (χ4v) is 7.50. The van der Waals surface area contributed by atoms with Gasteiger partial charge in [-0.2, -0.15) is 0 Å². The predicted octanol–water partition coefficient (Wildman–Crippen LogP) is 13.4. The predicted molar refractivity (Wildman–Crippen MR) is 204 cm³/mol. The third-order valence-electron chi connectivity index (χ3n) is 9.66. The summed E-state index contributed by atoms with van der Waals surface area (Å²) in [5.41, 5.74) is 11.2. The molecule has 0 aliphatic heterocycles. The van der Waals surface area contributed by atoms with Crippen LogP contribution in [0.15, 0.2) is 185 Å². The van der Waals surface area contributed by atoms with Crippen molar-refractivity contribution in [3.8, 4) is 22.3 Å². The molecule has 10 aromatic rings. The van der Waals surface area contributed by atoms with Crippen LogP contribution in [-0.4, -0.2) is 0 Å². The van der Waals surface area contributed by atoms with Gasteiger partial charge in [0.1, 0.15) is 22.3 Å². The normalized spacial score (nSPS) is 11.7. The van der Waals surface area contributed by atoms with E-state index in [2.05, 4.69) is 157 Å². The first-order chi connectivity index (χ1) is 24.3. The van der Waals surface area contributed by atoms with E-state index in [1.54, 1.807) is 0 Å². The van der Waals surface area contributed by atoms with Crippen molar-refractivity contribution in [2.45, 2.75) is 0 Å². The summed E-state index contributed by atoms with van der Waals surface area (Å²) in [5, 5.41) is 6.69. The average molecular weight is 628 g/mol. The van der Waals surface area contributed by atoms with Crippen LogP contribution in [0.1, 0.15) is 0 Å². The van der Waals surface area contributed by atoms with E-state index in [0.717, 1.165) is 82.8 Å². The van der Waals surface area contributed by atoms with Gasteiger partial charge in [-0.3, -0.25) is 0 Å². The fourth-order valence-electron chi connectivity index (χ4n) is 7.50. The molecule has 3 heteroatoms. The van der Waals surface area contributed by atoms with E-state index >= 15 is 0 Å². The monoisotopic (exact) mass is 627 g/mol. The minimum atomic E-state index is 0.849. The first-order valence-electron chi connectivity index (χ1n) is 16.6. The Bertz CT molecular complexity index is 2830. The van der Waals surface area contributed by atoms with Crippen LogP contribution >= 0.6 is 0 Å². The quantitative estimate of drug-likeness (QED) is 0.190. The van der Waals surface area contributed by atoms with Gasteiger partial charge in [0.25, 0.3) is 0 Å². The molecular formula is C46H29NO2. The largest absolute Gasteiger partial charge is 0.456 e. The Morgan fingerprint density at radius 2 is 0.878 bits per heavy atom. The zero-order valence-electron chi connectivity index (χ0n) is 26.5. The number of nitrogens with zero attached hydrogens (tertiary/aromatic N) is 1. The van der Waals surface area contributed by atoms with Gasteiger partial charge in [-0.05, 0) is 64.0 Å². The molecule has 0 radical (unpaired) electrons. The molecule has 0 aliphatic carbocycles. The lowest BCUT2D eigenvalue weighted by atomic mass is 9.93. The Morgan fingerprint density at radius 3 is 1.59 bits per heavy atom. The van der Waals surface area contributed by atoms with Crippen LogP contribution in [0.5, 0.6) is 0 Å². The van der Waals surface area contributed by atoms with Crippen LogP contribution in [0.4, 0.5) is 17.1 Å². The minimum Gasteiger partial charge on any atom is -0.456 e. The highest BCUT2D eigenvalue weighted by atomic mass is 16.3. The van der Waals surface area contributed by atoms with Gasteiger partial charge < -0.3 is 13.7 Å². The fraction of sp³-hybridized carbons (Fsp3) is 0. The van der Waals surface area contributed by atoms with E-state index in [9.17, 15) is 0 Å². The highest BCUT2D eigenvalue weighted by molar-refractivity contribution is 6.23. The summed E-state index contributed by atoms with van der Waals surface area (Å²) < 4.78 is 13.0. The van der Waals surface area contributed by atoms with Crippen molar-refractivity contribution in [3.63, 3.8) is 0 Å². The van der Waals surface area contributed by atoms with Gasteiger partial charge in [-0.1, -0.05) is 133 Å². The standard InChI is InChI=1S/C46H29NO2/c1-3-14-30(15-4-1)33-27-26-32(28-38(33)31-16-5-2-6-17-31)47(39-22-13-25-43-46(39)37-21-10-12-24-42(37)48-43)40-29-44-45(35-19-8-7-18-34(35)40)36-20-9-11-23-41(36)49-44/h1-29H. The second-order valence-corrected chi connectivity index (χ2v) is 12.5. The summed E-state index contributed by atoms with van der Waals surface area (Å²) >= 11 is 0. The van der Waals surface area contributed by atoms with E-state index < -0.39 is 0 Å². The summed E-state index contributed by atoms with van der Waals surface area (Å²) in [6, 6.07) is 62.0. The molecule has 3 nitrogen and oxygen atoms in total. The van der Waals surface area contributed by atoms with Gasteiger partial charge in [0, 0.05) is 33.3 Å². The van der Waals surface area contributed by atoms with E-state index in [4.69, 9.17) is 8.83 Å². The van der Waals surface area contributed by atoms with Crippen molar-refractivity contribution in [3.05, 3.63) is 176 Å². The SMILES string of the molecule is c1ccc(-c2ccc(N(c3cc4oc5ccccc5c4c4ccccc34)c3cccc4oc5ccccc5c34)cc2-c2ccccc2)cc1. The van der Waals surface area contributed by atoms with Gasteiger partial charge in [0.2, 0.25) is 0 Å². The maximum Gasteiger partial charge on any atom is 0.138 e. The topological polar surface area (TPSA) is 29.5 Å². The molecule has 2 aromatic heterocycles. The molecule has 8 aromatic carbocycles. The smallest absolute Gasteiger partial charge is 0.138 e. The highest BCUT2D eigenvalue weighted by Crippen LogP contribution is 2.49. The third-order valence-corrected chi connectivity index (χ3v) is 9.66. The molecule has 230 valence electrons. The molecule has 0 unspecified atom stereocenters. The van der Waals surface area contributed by atoms with Crippen molar-refractivity contribution < 1.29 is 8.83 Å². The molecule has 10 rings (SSSR count). The Kier molecular flexibility index (Phi) is 6.18. The number of furan rings is 2. The zero-order chi connectivity index (χ0) is 32.3. The molecule has 0 saturated carbocycles. The van der Waals surface area contributed by atoms with Crippen molar-refractivity contribution in [2.75, 3.05) is 4.90 Å². The summed E-state index contributed by atoms with van der Waals surface area (Å²) in [5.74, 6) is 0. The highest BCUT2D eigenvalue weighted by Gasteiger charge is 2.24. The Balaban J connectivity index is 1.33. The summed E-state index contributed by atoms with van der Waals surface area (Å²) in [7, 11) is 0. The average Bonchev–Trinajstić information content (AvgIpc) is 3.75. The van der Waals surface area contributed by atoms with Gasteiger partial charge in [0.15, 0.2) is 0 Å². The number of hydrogen-bond donors (Lipinski definition) is 0. The maximum atomic E-state index is 6.59. The van der Waals surface area contributed by atoms with Crippen molar-refractivity contribution in [2.24, 2.45) is 0 Å². The Morgan fingerprint density at radius 1 is 0.327 bits per heavy atom. The van der Waals surface area contributed by atoms with Gasteiger partial charge in [-0.25, -0.2) is 0 Å². The molecular weight excluding hydrogens is 599 g/mol. The molecule has 2 heterocycles. The zero-order valence-corrected chi connectivity index (χ0v) is 26.5. The van der Waals surface area contributed by atoms with E-state index in [0.29, 0.717) is 0 Å². The van der Waals surface area contributed by atoms with Crippen molar-refractivity contribution in [1.29, 1.82) is 0 Å². The molecule has 49 heavy (non-hydrogen) atoms. The van der Waals surface area contributed by atoms with Crippen LogP contribution < -0.4 is 4.90 Å². The number of para-hydroxylation sites is 2. The lowest BCUT2D eigenvalue weighted by Crippen LogP contribution is -2.11. The molecule has 0 amide bonds. The van der Waals surface area contributed by atoms with Crippen molar-refractivity contribution >= 4 is 71.7 Å². The molecule has 0 N–H and O–H groups in total. The molecule has 0 saturated heterocycles. The van der Waals surface area contributed by atoms with Crippen molar-refractivity contribution in [1.82, 2.24) is 0 Å². The van der Waals surface area contributed by atoms with Gasteiger partial charge >= 0.3 is 0 Å². The van der Waals surface area contributed by atoms with Crippen LogP contribution in [-0.2, 0) is 0 Å². The summed E-state index contributed by atoms with van der Waals surface area (Å²) in [6.07, 6.45) is 0. The second-order valence-electron chi connectivity index (χ2n) is 12.5.